The van der Waals surface area contributed by atoms with Gasteiger partial charge in [-0.2, -0.15) is 13.2 Å². The van der Waals surface area contributed by atoms with E-state index in [4.69, 9.17) is 17.3 Å². The SMILES string of the molecule is Cc1cccc(C(C)C)c1-n1c(=O)c(=O)n(CC2CN(C(=O)O)C2)c2cc(Cl)c(-c3cc(N)ccc3C(F)(F)F)cc21. The van der Waals surface area contributed by atoms with Crippen molar-refractivity contribution < 1.29 is 23.1 Å². The molecule has 1 saturated heterocycles. The molecule has 2 heterocycles. The predicted octanol–water partition coefficient (Wildman–Crippen LogP) is 6.12. The zero-order chi connectivity index (χ0) is 30.7. The molecule has 0 atom stereocenters. The number of nitrogen functional groups attached to an aromatic ring is 1. The molecule has 0 spiro atoms. The highest BCUT2D eigenvalue weighted by atomic mass is 35.5. The second-order valence-corrected chi connectivity index (χ2v) is 11.3. The van der Waals surface area contributed by atoms with Crippen LogP contribution in [0, 0.1) is 12.8 Å². The number of aryl methyl sites for hydroxylation is 1. The van der Waals surface area contributed by atoms with Gasteiger partial charge in [-0.05, 0) is 59.9 Å². The molecule has 0 aliphatic carbocycles. The van der Waals surface area contributed by atoms with Gasteiger partial charge < -0.3 is 20.3 Å². The fraction of sp³-hybridized carbons (Fsp3) is 0.300. The molecule has 220 valence electrons. The van der Waals surface area contributed by atoms with Gasteiger partial charge in [0.2, 0.25) is 0 Å². The molecule has 3 aromatic carbocycles. The van der Waals surface area contributed by atoms with Crippen LogP contribution in [0.15, 0.2) is 58.1 Å². The summed E-state index contributed by atoms with van der Waals surface area (Å²) >= 11 is 6.64. The Hall–Kier alpha value is -4.25. The summed E-state index contributed by atoms with van der Waals surface area (Å²) in [5.41, 5.74) is 5.34. The lowest BCUT2D eigenvalue weighted by Crippen LogP contribution is -2.52. The number of aromatic nitrogens is 2. The Balaban J connectivity index is 1.87. The standard InChI is InChI=1S/C30H28ClF3N4O4/c1-15(2)19-6-4-5-16(3)26(19)38-25-10-21(20-9-18(35)7-8-22(20)30(32,33)34)23(31)11-24(25)37(27(39)28(38)40)14-17-12-36(13-17)29(41)42/h4-11,15,17H,12-14,35H2,1-3H3,(H,41,42). The van der Waals surface area contributed by atoms with Gasteiger partial charge in [-0.25, -0.2) is 4.79 Å². The van der Waals surface area contributed by atoms with Crippen molar-refractivity contribution in [2.75, 3.05) is 18.8 Å². The lowest BCUT2D eigenvalue weighted by Gasteiger charge is -2.37. The second kappa shape index (κ2) is 10.5. The van der Waals surface area contributed by atoms with E-state index in [1.54, 1.807) is 13.0 Å². The highest BCUT2D eigenvalue weighted by Gasteiger charge is 2.35. The van der Waals surface area contributed by atoms with E-state index >= 15 is 0 Å². The van der Waals surface area contributed by atoms with Crippen molar-refractivity contribution >= 4 is 34.4 Å². The fourth-order valence-electron chi connectivity index (χ4n) is 5.57. The predicted molar refractivity (Wildman–Crippen MR) is 156 cm³/mol. The Morgan fingerprint density at radius 3 is 2.36 bits per heavy atom. The number of carboxylic acid groups (broad SMARTS) is 1. The minimum absolute atomic E-state index is 0.0116. The van der Waals surface area contributed by atoms with Crippen LogP contribution in [0.4, 0.5) is 23.7 Å². The Labute approximate surface area is 243 Å². The summed E-state index contributed by atoms with van der Waals surface area (Å²) in [5.74, 6) is -0.301. The van der Waals surface area contributed by atoms with E-state index in [9.17, 15) is 32.7 Å². The van der Waals surface area contributed by atoms with Gasteiger partial charge in [0, 0.05) is 36.8 Å². The number of fused-ring (bicyclic) bond motifs is 1. The van der Waals surface area contributed by atoms with E-state index in [1.165, 1.54) is 32.2 Å². The molecule has 1 aliphatic rings. The summed E-state index contributed by atoms with van der Waals surface area (Å²) in [6.07, 6.45) is -5.81. The van der Waals surface area contributed by atoms with Crippen LogP contribution in [0.25, 0.3) is 27.8 Å². The molecule has 42 heavy (non-hydrogen) atoms. The first kappa shape index (κ1) is 29.2. The van der Waals surface area contributed by atoms with E-state index in [0.717, 1.165) is 17.7 Å². The number of halogens is 4. The average molecular weight is 601 g/mol. The molecule has 0 radical (unpaired) electrons. The number of para-hydroxylation sites is 1. The van der Waals surface area contributed by atoms with Gasteiger partial charge >= 0.3 is 23.4 Å². The van der Waals surface area contributed by atoms with Gasteiger partial charge in [-0.1, -0.05) is 43.6 Å². The van der Waals surface area contributed by atoms with Gasteiger partial charge in [0.25, 0.3) is 0 Å². The molecule has 8 nitrogen and oxygen atoms in total. The number of hydrogen-bond donors (Lipinski definition) is 2. The molecule has 1 amide bonds. The van der Waals surface area contributed by atoms with E-state index < -0.39 is 29.0 Å². The summed E-state index contributed by atoms with van der Waals surface area (Å²) in [7, 11) is 0. The number of carbonyl (C=O) groups is 1. The van der Waals surface area contributed by atoms with Crippen molar-refractivity contribution in [3.05, 3.63) is 91.0 Å². The molecule has 1 aromatic heterocycles. The van der Waals surface area contributed by atoms with Crippen LogP contribution in [0.1, 0.15) is 36.5 Å². The highest BCUT2D eigenvalue weighted by molar-refractivity contribution is 6.34. The molecule has 3 N–H and O–H groups in total. The number of amides is 1. The molecule has 1 fully saturated rings. The van der Waals surface area contributed by atoms with Gasteiger partial charge in [-0.3, -0.25) is 14.2 Å². The van der Waals surface area contributed by atoms with Crippen molar-refractivity contribution in [2.24, 2.45) is 5.92 Å². The largest absolute Gasteiger partial charge is 0.465 e. The maximum atomic E-state index is 14.1. The Morgan fingerprint density at radius 1 is 1.05 bits per heavy atom. The van der Waals surface area contributed by atoms with Crippen LogP contribution in [-0.4, -0.2) is 38.3 Å². The topological polar surface area (TPSA) is 111 Å². The molecule has 4 aromatic rings. The number of alkyl halides is 3. The van der Waals surface area contributed by atoms with Crippen LogP contribution in [0.2, 0.25) is 5.02 Å². The van der Waals surface area contributed by atoms with Crippen molar-refractivity contribution in [1.29, 1.82) is 0 Å². The molecule has 0 unspecified atom stereocenters. The van der Waals surface area contributed by atoms with E-state index in [1.807, 2.05) is 26.0 Å². The molecule has 5 rings (SSSR count). The van der Waals surface area contributed by atoms with Crippen molar-refractivity contribution in [2.45, 2.75) is 39.4 Å². The highest BCUT2D eigenvalue weighted by Crippen LogP contribution is 2.42. The van der Waals surface area contributed by atoms with Crippen molar-refractivity contribution in [3.8, 4) is 16.8 Å². The molecule has 1 aliphatic heterocycles. The molecule has 0 bridgehead atoms. The first-order valence-electron chi connectivity index (χ1n) is 13.2. The number of rotatable bonds is 5. The van der Waals surface area contributed by atoms with Crippen LogP contribution in [0.5, 0.6) is 0 Å². The number of benzene rings is 3. The first-order chi connectivity index (χ1) is 19.7. The zero-order valence-corrected chi connectivity index (χ0v) is 23.8. The molecular weight excluding hydrogens is 573 g/mol. The average Bonchev–Trinajstić information content (AvgIpc) is 2.87. The van der Waals surface area contributed by atoms with E-state index in [-0.39, 0.29) is 64.3 Å². The fourth-order valence-corrected chi connectivity index (χ4v) is 5.83. The molecule has 0 saturated carbocycles. The minimum atomic E-state index is -4.72. The van der Waals surface area contributed by atoms with E-state index in [0.29, 0.717) is 11.3 Å². The zero-order valence-electron chi connectivity index (χ0n) is 23.0. The lowest BCUT2D eigenvalue weighted by atomic mass is 9.96. The Kier molecular flexibility index (Phi) is 7.34. The summed E-state index contributed by atoms with van der Waals surface area (Å²) in [5, 5.41) is 9.14. The van der Waals surface area contributed by atoms with Crippen molar-refractivity contribution in [1.82, 2.24) is 14.0 Å². The summed E-state index contributed by atoms with van der Waals surface area (Å²) in [6, 6.07) is 11.4. The number of nitrogens with two attached hydrogens (primary N) is 1. The summed E-state index contributed by atoms with van der Waals surface area (Å²) < 4.78 is 44.7. The summed E-state index contributed by atoms with van der Waals surface area (Å²) in [6.45, 7) is 6.03. The van der Waals surface area contributed by atoms with Crippen LogP contribution in [0.3, 0.4) is 0 Å². The van der Waals surface area contributed by atoms with Crippen molar-refractivity contribution in [3.63, 3.8) is 0 Å². The third-order valence-corrected chi connectivity index (χ3v) is 7.96. The smallest absolute Gasteiger partial charge is 0.417 e. The maximum Gasteiger partial charge on any atom is 0.417 e. The second-order valence-electron chi connectivity index (χ2n) is 10.9. The number of hydrogen-bond acceptors (Lipinski definition) is 4. The number of likely N-dealkylation sites (tertiary alicyclic amines) is 1. The van der Waals surface area contributed by atoms with Gasteiger partial charge in [0.05, 0.1) is 27.3 Å². The lowest BCUT2D eigenvalue weighted by molar-refractivity contribution is -0.137. The summed E-state index contributed by atoms with van der Waals surface area (Å²) in [4.78, 5) is 40.0. The first-order valence-corrected chi connectivity index (χ1v) is 13.6. The molecular formula is C30H28ClF3N4O4. The van der Waals surface area contributed by atoms with Crippen LogP contribution < -0.4 is 16.9 Å². The van der Waals surface area contributed by atoms with Crippen LogP contribution >= 0.6 is 11.6 Å². The minimum Gasteiger partial charge on any atom is -0.465 e. The van der Waals surface area contributed by atoms with Gasteiger partial charge in [-0.15, -0.1) is 0 Å². The third-order valence-electron chi connectivity index (χ3n) is 7.65. The third kappa shape index (κ3) is 5.02. The maximum absolute atomic E-state index is 14.1. The van der Waals surface area contributed by atoms with E-state index in [2.05, 4.69) is 0 Å². The Bertz CT molecular complexity index is 1860. The normalized spacial score (nSPS) is 14.0. The number of anilines is 1. The molecule has 12 heteroatoms. The monoisotopic (exact) mass is 600 g/mol. The Morgan fingerprint density at radius 2 is 1.74 bits per heavy atom. The van der Waals surface area contributed by atoms with Gasteiger partial charge in [0.1, 0.15) is 0 Å². The van der Waals surface area contributed by atoms with Gasteiger partial charge in [0.15, 0.2) is 0 Å². The quantitative estimate of drug-likeness (QED) is 0.212. The van der Waals surface area contributed by atoms with Crippen LogP contribution in [-0.2, 0) is 12.7 Å². The number of nitrogens with zero attached hydrogens (tertiary/aromatic N) is 3.